The number of ether oxygens (including phenoxy) is 2. The number of benzene rings is 2. The van der Waals surface area contributed by atoms with Crippen LogP contribution < -0.4 is 10.6 Å². The second-order valence-corrected chi connectivity index (χ2v) is 14.1. The summed E-state index contributed by atoms with van der Waals surface area (Å²) in [5.74, 6) is 0.427. The number of imidazole rings is 2. The molecule has 1 fully saturated rings. The van der Waals surface area contributed by atoms with Crippen molar-refractivity contribution in [1.29, 1.82) is 0 Å². The fraction of sp³-hybridized carbons (Fsp3) is 0.455. The van der Waals surface area contributed by atoms with E-state index in [1.807, 2.05) is 26.2 Å². The highest BCUT2D eigenvalue weighted by Gasteiger charge is 2.24. The van der Waals surface area contributed by atoms with Crippen LogP contribution in [0.1, 0.15) is 91.1 Å². The molecule has 5 N–H and O–H groups in total. The first kappa shape index (κ1) is 47.3. The third-order valence-electron chi connectivity index (χ3n) is 9.17. The molecule has 0 radical (unpaired) electrons. The van der Waals surface area contributed by atoms with Gasteiger partial charge in [-0.25, -0.2) is 19.6 Å². The zero-order valence-corrected chi connectivity index (χ0v) is 36.2. The van der Waals surface area contributed by atoms with Gasteiger partial charge in [0.15, 0.2) is 0 Å². The second kappa shape index (κ2) is 24.6. The monoisotopic (exact) mass is 813 g/mol. The molecule has 0 bridgehead atoms. The number of aromatic nitrogens is 5. The summed E-state index contributed by atoms with van der Waals surface area (Å²) in [7, 11) is 2.54. The first-order chi connectivity index (χ1) is 28.5. The number of hydrogen-bond acceptors (Lipinski definition) is 8. The van der Waals surface area contributed by atoms with Crippen molar-refractivity contribution in [2.45, 2.75) is 86.6 Å². The van der Waals surface area contributed by atoms with Gasteiger partial charge in [-0.15, -0.1) is 0 Å². The number of carbonyl (C=O) groups excluding carboxylic acids is 4. The van der Waals surface area contributed by atoms with Crippen molar-refractivity contribution in [2.24, 2.45) is 0 Å². The van der Waals surface area contributed by atoms with Gasteiger partial charge in [0, 0.05) is 36.8 Å². The fourth-order valence-corrected chi connectivity index (χ4v) is 6.35. The Kier molecular flexibility index (Phi) is 19.7. The lowest BCUT2D eigenvalue weighted by molar-refractivity contribution is -0.132. The molecule has 1 aliphatic rings. The van der Waals surface area contributed by atoms with Crippen LogP contribution >= 0.6 is 0 Å². The predicted octanol–water partition coefficient (Wildman–Crippen LogP) is 8.38. The number of aromatic amines is 3. The Morgan fingerprint density at radius 1 is 0.814 bits per heavy atom. The van der Waals surface area contributed by atoms with Crippen LogP contribution in [0, 0.1) is 6.92 Å². The molecule has 1 unspecified atom stereocenters. The van der Waals surface area contributed by atoms with Crippen molar-refractivity contribution in [3.05, 3.63) is 72.7 Å². The minimum atomic E-state index is -0.639. The molecule has 320 valence electrons. The van der Waals surface area contributed by atoms with Crippen molar-refractivity contribution in [3.8, 4) is 33.6 Å². The van der Waals surface area contributed by atoms with Gasteiger partial charge in [-0.05, 0) is 55.4 Å². The molecule has 15 nitrogen and oxygen atoms in total. The number of hydrogen-bond donors (Lipinski definition) is 5. The molecule has 4 heterocycles. The minimum absolute atomic E-state index is 0.0344. The van der Waals surface area contributed by atoms with Crippen LogP contribution in [0.5, 0.6) is 0 Å². The third-order valence-corrected chi connectivity index (χ3v) is 9.17. The Morgan fingerprint density at radius 2 is 1.41 bits per heavy atom. The number of methoxy groups -OCH3 is 2. The van der Waals surface area contributed by atoms with Crippen molar-refractivity contribution < 1.29 is 28.7 Å². The predicted molar refractivity (Wildman–Crippen MR) is 233 cm³/mol. The zero-order chi connectivity index (χ0) is 43.3. The fourth-order valence-electron chi connectivity index (χ4n) is 6.35. The zero-order valence-electron chi connectivity index (χ0n) is 36.2. The molecule has 1 saturated heterocycles. The summed E-state index contributed by atoms with van der Waals surface area (Å²) in [5, 5.41) is 5.97. The number of nitrogens with zero attached hydrogens (tertiary/aromatic N) is 4. The average molecular weight is 814 g/mol. The van der Waals surface area contributed by atoms with E-state index < -0.39 is 12.2 Å². The highest BCUT2D eigenvalue weighted by molar-refractivity contribution is 6.04. The Labute approximate surface area is 348 Å². The minimum Gasteiger partial charge on any atom is -0.453 e. The van der Waals surface area contributed by atoms with Crippen molar-refractivity contribution in [3.63, 3.8) is 0 Å². The van der Waals surface area contributed by atoms with Crippen molar-refractivity contribution in [2.75, 3.05) is 46.9 Å². The quantitative estimate of drug-likeness (QED) is 0.0879. The molecule has 3 aromatic heterocycles. The van der Waals surface area contributed by atoms with E-state index in [0.717, 1.165) is 82.5 Å². The summed E-state index contributed by atoms with van der Waals surface area (Å²) in [5.41, 5.74) is 8.33. The van der Waals surface area contributed by atoms with E-state index in [2.05, 4.69) is 116 Å². The Bertz CT molecular complexity index is 2030. The van der Waals surface area contributed by atoms with Gasteiger partial charge < -0.3 is 44.9 Å². The van der Waals surface area contributed by atoms with Crippen molar-refractivity contribution >= 4 is 34.9 Å². The van der Waals surface area contributed by atoms with Crippen LogP contribution in [-0.2, 0) is 19.1 Å². The molecule has 6 rings (SSSR count). The van der Waals surface area contributed by atoms with E-state index >= 15 is 0 Å². The number of carbonyl (C=O) groups is 4. The lowest BCUT2D eigenvalue weighted by Crippen LogP contribution is -2.42. The maximum atomic E-state index is 12.9. The summed E-state index contributed by atoms with van der Waals surface area (Å²) in [4.78, 5) is 68.5. The van der Waals surface area contributed by atoms with Gasteiger partial charge in [-0.2, -0.15) is 0 Å². The van der Waals surface area contributed by atoms with Crippen LogP contribution in [0.4, 0.5) is 9.59 Å². The average Bonchev–Trinajstić information content (AvgIpc) is 4.10. The summed E-state index contributed by atoms with van der Waals surface area (Å²) in [6.07, 6.45) is 11.5. The number of rotatable bonds is 11. The van der Waals surface area contributed by atoms with Crippen LogP contribution in [0.3, 0.4) is 0 Å². The number of alkyl carbamates (subject to hydrolysis) is 2. The van der Waals surface area contributed by atoms with Gasteiger partial charge in [-0.1, -0.05) is 83.9 Å². The standard InChI is InChI=1S/C30H33N7O3.C8H14N2O3.2C3H8/c1-5-12-37(26(38)16-34-30(39)40-4)19(3)29-33-15-25(36-29)23-11-10-22(27-18(2)13-32-28(23)27)20-6-8-21(9-7-20)24-14-31-17-35-24;1-13-8(12)9-6-7(11)10-4-2-3-5-10;2*1-3-2/h6-11,13-15,17,19,32H,5,12,16H2,1-4H3,(H,31,35)(H,33,36)(H,34,39);2-6H2,1H3,(H,9,12);2*3H2,1-2H3. The molecule has 1 atom stereocenters. The molecule has 0 spiro atoms. The Hall–Kier alpha value is -6.12. The highest BCUT2D eigenvalue weighted by Crippen LogP contribution is 2.37. The summed E-state index contributed by atoms with van der Waals surface area (Å²) >= 11 is 0. The first-order valence-corrected chi connectivity index (χ1v) is 20.4. The normalized spacial score (nSPS) is 12.1. The number of amides is 4. The SMILES string of the molecule is CCC.CCC.CCCN(C(=O)CNC(=O)OC)C(C)c1ncc(-c2ccc(-c3ccc(-c4cnc[nH]4)cc3)c3c(C)c[nH]c23)[nH]1.COC(=O)NCC(=O)N1CCCC1. The number of H-pyrrole nitrogens is 3. The Balaban J connectivity index is 0.000000407. The lowest BCUT2D eigenvalue weighted by Gasteiger charge is -2.27. The largest absolute Gasteiger partial charge is 0.453 e. The van der Waals surface area contributed by atoms with E-state index in [1.54, 1.807) is 22.3 Å². The molecule has 5 aromatic rings. The lowest BCUT2D eigenvalue weighted by atomic mass is 9.95. The summed E-state index contributed by atoms with van der Waals surface area (Å²) in [6, 6.07) is 12.4. The molecule has 59 heavy (non-hydrogen) atoms. The number of nitrogens with one attached hydrogen (secondary N) is 5. The van der Waals surface area contributed by atoms with E-state index in [0.29, 0.717) is 12.4 Å². The molecule has 0 aliphatic carbocycles. The maximum Gasteiger partial charge on any atom is 0.407 e. The topological polar surface area (TPSA) is 190 Å². The van der Waals surface area contributed by atoms with Crippen LogP contribution in [-0.4, -0.2) is 106 Å². The molecular weight excluding hydrogens is 751 g/mol. The molecule has 1 aliphatic heterocycles. The van der Waals surface area contributed by atoms with E-state index in [-0.39, 0.29) is 30.9 Å². The second-order valence-electron chi connectivity index (χ2n) is 14.1. The van der Waals surface area contributed by atoms with Gasteiger partial charge in [-0.3, -0.25) is 9.59 Å². The van der Waals surface area contributed by atoms with E-state index in [1.165, 1.54) is 27.1 Å². The highest BCUT2D eigenvalue weighted by atomic mass is 16.5. The third kappa shape index (κ3) is 13.5. The molecule has 0 saturated carbocycles. The van der Waals surface area contributed by atoms with Gasteiger partial charge in [0.05, 0.1) is 55.9 Å². The molecular formula is C44H63N9O6. The van der Waals surface area contributed by atoms with Gasteiger partial charge in [0.1, 0.15) is 18.9 Å². The molecule has 4 amide bonds. The van der Waals surface area contributed by atoms with Gasteiger partial charge in [0.2, 0.25) is 11.8 Å². The van der Waals surface area contributed by atoms with Crippen molar-refractivity contribution in [1.82, 2.24) is 45.4 Å². The number of aryl methyl sites for hydroxylation is 1. The number of likely N-dealkylation sites (tertiary alicyclic amines) is 1. The van der Waals surface area contributed by atoms with Gasteiger partial charge in [0.25, 0.3) is 0 Å². The van der Waals surface area contributed by atoms with Crippen LogP contribution in [0.15, 0.2) is 61.3 Å². The van der Waals surface area contributed by atoms with Crippen LogP contribution in [0.2, 0.25) is 0 Å². The maximum absolute atomic E-state index is 12.9. The van der Waals surface area contributed by atoms with E-state index in [9.17, 15) is 19.2 Å². The summed E-state index contributed by atoms with van der Waals surface area (Å²) in [6.45, 7) is 16.6. The van der Waals surface area contributed by atoms with Gasteiger partial charge >= 0.3 is 12.2 Å². The molecule has 15 heteroatoms. The molecule has 2 aromatic carbocycles. The Morgan fingerprint density at radius 3 is 1.98 bits per heavy atom. The van der Waals surface area contributed by atoms with Crippen LogP contribution in [0.25, 0.3) is 44.5 Å². The number of fused-ring (bicyclic) bond motifs is 1. The van der Waals surface area contributed by atoms with E-state index in [4.69, 9.17) is 0 Å². The first-order valence-electron chi connectivity index (χ1n) is 20.4. The summed E-state index contributed by atoms with van der Waals surface area (Å²) < 4.78 is 8.93. The smallest absolute Gasteiger partial charge is 0.407 e.